The lowest BCUT2D eigenvalue weighted by Crippen LogP contribution is -2.15. The van der Waals surface area contributed by atoms with Gasteiger partial charge in [0, 0.05) is 0 Å². The molecule has 0 aromatic heterocycles. The molecule has 2 aromatic carbocycles. The lowest BCUT2D eigenvalue weighted by atomic mass is 9.96. The van der Waals surface area contributed by atoms with E-state index in [0.29, 0.717) is 18.9 Å². The number of ether oxygens (including phenoxy) is 2. The van der Waals surface area contributed by atoms with E-state index in [2.05, 4.69) is 0 Å². The first-order valence-electron chi connectivity index (χ1n) is 6.95. The Labute approximate surface area is 124 Å². The predicted molar refractivity (Wildman–Crippen MR) is 81.3 cm³/mol. The summed E-state index contributed by atoms with van der Waals surface area (Å²) in [5, 5.41) is 0. The van der Waals surface area contributed by atoms with E-state index >= 15 is 0 Å². The van der Waals surface area contributed by atoms with Crippen LogP contribution in [0, 0.1) is 5.82 Å². The Morgan fingerprint density at radius 3 is 2.19 bits per heavy atom. The minimum absolute atomic E-state index is 0.233. The van der Waals surface area contributed by atoms with Crippen molar-refractivity contribution < 1.29 is 13.9 Å². The third kappa shape index (κ3) is 4.46. The molecule has 1 unspecified atom stereocenters. The van der Waals surface area contributed by atoms with Crippen molar-refractivity contribution in [3.05, 3.63) is 59.9 Å². The molecule has 0 radical (unpaired) electrons. The minimum atomic E-state index is -0.264. The molecule has 1 atom stereocenters. The van der Waals surface area contributed by atoms with Gasteiger partial charge in [-0.1, -0.05) is 12.1 Å². The van der Waals surface area contributed by atoms with Gasteiger partial charge in [0.25, 0.3) is 0 Å². The third-order valence-electron chi connectivity index (χ3n) is 3.42. The van der Waals surface area contributed by atoms with E-state index in [-0.39, 0.29) is 11.7 Å². The molecule has 0 aliphatic carbocycles. The van der Waals surface area contributed by atoms with Gasteiger partial charge in [0.1, 0.15) is 17.3 Å². The highest BCUT2D eigenvalue weighted by atomic mass is 19.1. The van der Waals surface area contributed by atoms with Crippen LogP contribution >= 0.6 is 0 Å². The third-order valence-corrected chi connectivity index (χ3v) is 3.42. The van der Waals surface area contributed by atoms with E-state index in [1.807, 2.05) is 24.3 Å². The Morgan fingerprint density at radius 1 is 1.00 bits per heavy atom. The average Bonchev–Trinajstić information content (AvgIpc) is 2.53. The van der Waals surface area contributed by atoms with E-state index in [0.717, 1.165) is 12.2 Å². The minimum Gasteiger partial charge on any atom is -0.497 e. The molecule has 0 aliphatic rings. The van der Waals surface area contributed by atoms with Crippen LogP contribution in [0.25, 0.3) is 0 Å². The van der Waals surface area contributed by atoms with Crippen LogP contribution in [0.4, 0.5) is 4.39 Å². The Balaban J connectivity index is 1.88. The maximum Gasteiger partial charge on any atom is 0.123 e. The van der Waals surface area contributed by atoms with Crippen molar-refractivity contribution in [2.45, 2.75) is 12.3 Å². The Hall–Kier alpha value is -2.07. The van der Waals surface area contributed by atoms with Gasteiger partial charge in [0.2, 0.25) is 0 Å². The van der Waals surface area contributed by atoms with Crippen molar-refractivity contribution in [1.29, 1.82) is 0 Å². The van der Waals surface area contributed by atoms with Crippen molar-refractivity contribution in [1.82, 2.24) is 0 Å². The first-order valence-corrected chi connectivity index (χ1v) is 6.95. The summed E-state index contributed by atoms with van der Waals surface area (Å²) in [6.45, 7) is 1.10. The number of methoxy groups -OCH3 is 1. The molecule has 0 saturated heterocycles. The number of hydrogen-bond acceptors (Lipinski definition) is 3. The van der Waals surface area contributed by atoms with E-state index < -0.39 is 0 Å². The van der Waals surface area contributed by atoms with Crippen molar-refractivity contribution in [2.24, 2.45) is 5.73 Å². The fourth-order valence-corrected chi connectivity index (χ4v) is 2.15. The van der Waals surface area contributed by atoms with E-state index in [4.69, 9.17) is 15.2 Å². The molecule has 0 saturated carbocycles. The quantitative estimate of drug-likeness (QED) is 0.850. The van der Waals surface area contributed by atoms with Gasteiger partial charge in [-0.2, -0.15) is 0 Å². The van der Waals surface area contributed by atoms with Gasteiger partial charge in [0.15, 0.2) is 0 Å². The molecule has 0 bridgehead atoms. The second-order valence-corrected chi connectivity index (χ2v) is 4.80. The standard InChI is InChI=1S/C17H20FNO2/c1-20-16-6-2-13(3-7-16)14(12-19)10-11-21-17-8-4-15(18)5-9-17/h2-9,14H,10-12,19H2,1H3. The second kappa shape index (κ2) is 7.64. The van der Waals surface area contributed by atoms with Gasteiger partial charge in [-0.05, 0) is 60.8 Å². The van der Waals surface area contributed by atoms with Gasteiger partial charge in [-0.15, -0.1) is 0 Å². The summed E-state index contributed by atoms with van der Waals surface area (Å²) < 4.78 is 23.5. The fraction of sp³-hybridized carbons (Fsp3) is 0.294. The number of rotatable bonds is 7. The molecule has 2 aromatic rings. The van der Waals surface area contributed by atoms with Crippen molar-refractivity contribution in [3.63, 3.8) is 0 Å². The van der Waals surface area contributed by atoms with Crippen LogP contribution in [0.1, 0.15) is 17.9 Å². The first kappa shape index (κ1) is 15.3. The maximum atomic E-state index is 12.8. The SMILES string of the molecule is COc1ccc(C(CN)CCOc2ccc(F)cc2)cc1. The molecule has 2 N–H and O–H groups in total. The fourth-order valence-electron chi connectivity index (χ4n) is 2.15. The molecule has 112 valence electrons. The highest BCUT2D eigenvalue weighted by Crippen LogP contribution is 2.22. The molecular weight excluding hydrogens is 269 g/mol. The zero-order valence-electron chi connectivity index (χ0n) is 12.1. The topological polar surface area (TPSA) is 44.5 Å². The highest BCUT2D eigenvalue weighted by molar-refractivity contribution is 5.29. The molecule has 0 heterocycles. The average molecular weight is 289 g/mol. The van der Waals surface area contributed by atoms with Gasteiger partial charge in [-0.25, -0.2) is 4.39 Å². The van der Waals surface area contributed by atoms with Crippen molar-refractivity contribution in [2.75, 3.05) is 20.3 Å². The summed E-state index contributed by atoms with van der Waals surface area (Å²) in [5.74, 6) is 1.47. The number of nitrogens with two attached hydrogens (primary N) is 1. The zero-order valence-corrected chi connectivity index (χ0v) is 12.1. The van der Waals surface area contributed by atoms with Crippen LogP contribution in [-0.2, 0) is 0 Å². The normalized spacial score (nSPS) is 12.0. The molecule has 21 heavy (non-hydrogen) atoms. The van der Waals surface area contributed by atoms with Gasteiger partial charge in [0.05, 0.1) is 13.7 Å². The molecule has 2 rings (SSSR count). The largest absolute Gasteiger partial charge is 0.497 e. The smallest absolute Gasteiger partial charge is 0.123 e. The summed E-state index contributed by atoms with van der Waals surface area (Å²) in [6.07, 6.45) is 0.806. The van der Waals surface area contributed by atoms with Gasteiger partial charge in [-0.3, -0.25) is 0 Å². The van der Waals surface area contributed by atoms with Crippen LogP contribution in [0.3, 0.4) is 0 Å². The number of halogens is 1. The molecule has 0 aliphatic heterocycles. The first-order chi connectivity index (χ1) is 10.2. The Morgan fingerprint density at radius 2 is 1.62 bits per heavy atom. The highest BCUT2D eigenvalue weighted by Gasteiger charge is 2.10. The lowest BCUT2D eigenvalue weighted by molar-refractivity contribution is 0.298. The van der Waals surface area contributed by atoms with Crippen molar-refractivity contribution in [3.8, 4) is 11.5 Å². The summed E-state index contributed by atoms with van der Waals surface area (Å²) in [5.41, 5.74) is 7.01. The molecule has 0 amide bonds. The summed E-state index contributed by atoms with van der Waals surface area (Å²) in [6, 6.07) is 13.9. The molecule has 0 fully saturated rings. The van der Waals surface area contributed by atoms with Gasteiger partial charge < -0.3 is 15.2 Å². The van der Waals surface area contributed by atoms with Crippen LogP contribution in [0.15, 0.2) is 48.5 Å². The molecule has 0 spiro atoms. The zero-order chi connectivity index (χ0) is 15.1. The lowest BCUT2D eigenvalue weighted by Gasteiger charge is -2.16. The predicted octanol–water partition coefficient (Wildman–Crippen LogP) is 3.35. The van der Waals surface area contributed by atoms with Crippen LogP contribution < -0.4 is 15.2 Å². The Bertz CT molecular complexity index is 540. The molecular formula is C17H20FNO2. The second-order valence-electron chi connectivity index (χ2n) is 4.80. The molecule has 3 nitrogen and oxygen atoms in total. The maximum absolute atomic E-state index is 12.8. The van der Waals surface area contributed by atoms with Crippen LogP contribution in [0.5, 0.6) is 11.5 Å². The monoisotopic (exact) mass is 289 g/mol. The van der Waals surface area contributed by atoms with E-state index in [1.54, 1.807) is 19.2 Å². The summed E-state index contributed by atoms with van der Waals surface area (Å²) in [4.78, 5) is 0. The van der Waals surface area contributed by atoms with Crippen LogP contribution in [-0.4, -0.2) is 20.3 Å². The summed E-state index contributed by atoms with van der Waals surface area (Å²) >= 11 is 0. The van der Waals surface area contributed by atoms with Gasteiger partial charge >= 0.3 is 0 Å². The van der Waals surface area contributed by atoms with Crippen molar-refractivity contribution >= 4 is 0 Å². The van der Waals surface area contributed by atoms with Crippen LogP contribution in [0.2, 0.25) is 0 Å². The number of benzene rings is 2. The summed E-state index contributed by atoms with van der Waals surface area (Å²) in [7, 11) is 1.64. The molecule has 4 heteroatoms. The number of hydrogen-bond donors (Lipinski definition) is 1. The Kier molecular flexibility index (Phi) is 5.58. The van der Waals surface area contributed by atoms with E-state index in [9.17, 15) is 4.39 Å². The van der Waals surface area contributed by atoms with E-state index in [1.165, 1.54) is 17.7 Å².